The fourth-order valence-corrected chi connectivity index (χ4v) is 4.18. The lowest BCUT2D eigenvalue weighted by molar-refractivity contribution is -0.124. The second kappa shape index (κ2) is 9.61. The molecule has 0 aliphatic rings. The number of para-hydroxylation sites is 1. The Balaban J connectivity index is 1.64. The molecular weight excluding hydrogens is 446 g/mol. The van der Waals surface area contributed by atoms with Crippen molar-refractivity contribution in [3.63, 3.8) is 0 Å². The summed E-state index contributed by atoms with van der Waals surface area (Å²) in [6.07, 6.45) is 0. The van der Waals surface area contributed by atoms with Crippen molar-refractivity contribution in [2.24, 2.45) is 0 Å². The molecule has 1 unspecified atom stereocenters. The number of hydrogen-bond acceptors (Lipinski definition) is 6. The zero-order valence-electron chi connectivity index (χ0n) is 20.7. The molecule has 0 aliphatic carbocycles. The van der Waals surface area contributed by atoms with Crippen molar-refractivity contribution in [2.75, 3.05) is 14.2 Å². The predicted octanol–water partition coefficient (Wildman–Crippen LogP) is 3.40. The molecule has 9 heteroatoms. The number of aromatic nitrogens is 4. The molecule has 0 aliphatic heterocycles. The van der Waals surface area contributed by atoms with Gasteiger partial charge in [0.15, 0.2) is 17.0 Å². The highest BCUT2D eigenvalue weighted by atomic mass is 16.5. The van der Waals surface area contributed by atoms with Gasteiger partial charge < -0.3 is 14.8 Å². The van der Waals surface area contributed by atoms with Crippen molar-refractivity contribution in [3.8, 4) is 17.2 Å². The molecule has 4 rings (SSSR count). The molecule has 0 saturated carbocycles. The summed E-state index contributed by atoms with van der Waals surface area (Å²) in [6.45, 7) is 7.59. The molecule has 0 saturated heterocycles. The average molecular weight is 476 g/mol. The van der Waals surface area contributed by atoms with Crippen LogP contribution in [-0.4, -0.2) is 39.7 Å². The number of amides is 1. The molecule has 1 amide bonds. The quantitative estimate of drug-likeness (QED) is 0.440. The number of carbonyl (C=O) groups is 1. The average Bonchev–Trinajstić information content (AvgIpc) is 3.22. The Labute approximate surface area is 203 Å². The van der Waals surface area contributed by atoms with Gasteiger partial charge in [0.05, 0.1) is 36.7 Å². The number of ether oxygens (including phenoxy) is 2. The molecule has 0 fully saturated rings. The molecule has 182 valence electrons. The number of nitrogens with one attached hydrogen (secondary N) is 1. The van der Waals surface area contributed by atoms with Crippen molar-refractivity contribution >= 4 is 16.8 Å². The molecule has 1 N–H and O–H groups in total. The van der Waals surface area contributed by atoms with Crippen LogP contribution in [0.4, 0.5) is 0 Å². The summed E-state index contributed by atoms with van der Waals surface area (Å²) < 4.78 is 13.7. The lowest BCUT2D eigenvalue weighted by Crippen LogP contribution is -2.37. The Morgan fingerprint density at radius 2 is 1.74 bits per heavy atom. The molecule has 0 bridgehead atoms. The molecule has 0 spiro atoms. The number of nitrogens with zero attached hydrogens (tertiary/aromatic N) is 4. The van der Waals surface area contributed by atoms with E-state index in [2.05, 4.69) is 15.5 Å². The van der Waals surface area contributed by atoms with Gasteiger partial charge in [0.1, 0.15) is 6.04 Å². The van der Waals surface area contributed by atoms with Gasteiger partial charge in [-0.25, -0.2) is 9.36 Å². The smallest absolute Gasteiger partial charge is 0.295 e. The van der Waals surface area contributed by atoms with Crippen LogP contribution in [0.2, 0.25) is 0 Å². The van der Waals surface area contributed by atoms with Gasteiger partial charge in [-0.3, -0.25) is 9.59 Å². The zero-order chi connectivity index (χ0) is 25.3. The minimum absolute atomic E-state index is 0.209. The van der Waals surface area contributed by atoms with E-state index < -0.39 is 11.6 Å². The van der Waals surface area contributed by atoms with Crippen molar-refractivity contribution in [1.29, 1.82) is 0 Å². The van der Waals surface area contributed by atoms with Crippen LogP contribution in [0.3, 0.4) is 0 Å². The van der Waals surface area contributed by atoms with Crippen molar-refractivity contribution < 1.29 is 14.3 Å². The summed E-state index contributed by atoms with van der Waals surface area (Å²) in [5, 5.41) is 12.6. The number of rotatable bonds is 7. The first-order chi connectivity index (χ1) is 16.8. The van der Waals surface area contributed by atoms with Gasteiger partial charge in [-0.1, -0.05) is 29.8 Å². The van der Waals surface area contributed by atoms with Gasteiger partial charge in [0, 0.05) is 12.1 Å². The number of fused-ring (bicyclic) bond motifs is 1. The highest BCUT2D eigenvalue weighted by Gasteiger charge is 2.23. The first-order valence-electron chi connectivity index (χ1n) is 11.3. The van der Waals surface area contributed by atoms with Gasteiger partial charge >= 0.3 is 0 Å². The first-order valence-corrected chi connectivity index (χ1v) is 11.3. The normalized spacial score (nSPS) is 11.9. The Hall–Kier alpha value is -4.14. The highest BCUT2D eigenvalue weighted by molar-refractivity contribution is 5.84. The topological polar surface area (TPSA) is 100 Å². The second-order valence-corrected chi connectivity index (χ2v) is 8.44. The molecule has 2 aromatic carbocycles. The second-order valence-electron chi connectivity index (χ2n) is 8.44. The van der Waals surface area contributed by atoms with Crippen LogP contribution in [0.25, 0.3) is 16.6 Å². The minimum Gasteiger partial charge on any atom is -0.493 e. The number of methoxy groups -OCH3 is 2. The first kappa shape index (κ1) is 24.0. The largest absolute Gasteiger partial charge is 0.493 e. The lowest BCUT2D eigenvalue weighted by Gasteiger charge is -2.16. The van der Waals surface area contributed by atoms with E-state index in [1.54, 1.807) is 31.9 Å². The third-order valence-corrected chi connectivity index (χ3v) is 6.11. The Morgan fingerprint density at radius 1 is 1.03 bits per heavy atom. The fourth-order valence-electron chi connectivity index (χ4n) is 4.18. The standard InChI is InChI=1S/C26H29N5O4/c1-15-10-12-20(13-11-15)30-17(3)22-16(2)28-31(26(33)23(22)29-30)18(4)25(32)27-14-19-8-7-9-21(34-5)24(19)35-6/h7-13,18H,14H2,1-6H3,(H,27,32). The van der Waals surface area contributed by atoms with Crippen LogP contribution in [0.1, 0.15) is 35.5 Å². The summed E-state index contributed by atoms with van der Waals surface area (Å²) in [4.78, 5) is 26.3. The van der Waals surface area contributed by atoms with Crippen LogP contribution in [-0.2, 0) is 11.3 Å². The Kier molecular flexibility index (Phi) is 6.59. The monoisotopic (exact) mass is 475 g/mol. The van der Waals surface area contributed by atoms with Crippen LogP contribution < -0.4 is 20.3 Å². The third-order valence-electron chi connectivity index (χ3n) is 6.11. The molecule has 0 radical (unpaired) electrons. The Morgan fingerprint density at radius 3 is 2.40 bits per heavy atom. The third kappa shape index (κ3) is 4.37. The van der Waals surface area contributed by atoms with Crippen molar-refractivity contribution in [1.82, 2.24) is 24.9 Å². The summed E-state index contributed by atoms with van der Waals surface area (Å²) in [7, 11) is 3.10. The van der Waals surface area contributed by atoms with E-state index in [1.807, 2.05) is 57.2 Å². The Bertz CT molecular complexity index is 1450. The molecule has 2 heterocycles. The van der Waals surface area contributed by atoms with Gasteiger partial charge in [-0.2, -0.15) is 10.2 Å². The van der Waals surface area contributed by atoms with Gasteiger partial charge in [-0.05, 0) is 45.9 Å². The number of benzene rings is 2. The highest BCUT2D eigenvalue weighted by Crippen LogP contribution is 2.30. The van der Waals surface area contributed by atoms with Crippen LogP contribution >= 0.6 is 0 Å². The van der Waals surface area contributed by atoms with Gasteiger partial charge in [0.2, 0.25) is 5.91 Å². The maximum Gasteiger partial charge on any atom is 0.295 e. The zero-order valence-corrected chi connectivity index (χ0v) is 20.7. The lowest BCUT2D eigenvalue weighted by atomic mass is 10.1. The predicted molar refractivity (Wildman–Crippen MR) is 133 cm³/mol. The van der Waals surface area contributed by atoms with Crippen LogP contribution in [0, 0.1) is 20.8 Å². The molecular formula is C26H29N5O4. The van der Waals surface area contributed by atoms with Gasteiger partial charge in [0.25, 0.3) is 5.56 Å². The van der Waals surface area contributed by atoms with E-state index in [1.165, 1.54) is 4.68 Å². The van der Waals surface area contributed by atoms with Crippen LogP contribution in [0.5, 0.6) is 11.5 Å². The van der Waals surface area contributed by atoms with Crippen molar-refractivity contribution in [3.05, 3.63) is 75.3 Å². The molecule has 9 nitrogen and oxygen atoms in total. The van der Waals surface area contributed by atoms with E-state index in [-0.39, 0.29) is 18.0 Å². The maximum absolute atomic E-state index is 13.3. The molecule has 35 heavy (non-hydrogen) atoms. The number of aryl methyl sites for hydroxylation is 3. The molecule has 2 aromatic heterocycles. The van der Waals surface area contributed by atoms with E-state index in [0.717, 1.165) is 22.5 Å². The summed E-state index contributed by atoms with van der Waals surface area (Å²) in [5.74, 6) is 0.774. The van der Waals surface area contributed by atoms with E-state index >= 15 is 0 Å². The fraction of sp³-hybridized carbons (Fsp3) is 0.308. The minimum atomic E-state index is -0.841. The van der Waals surface area contributed by atoms with Crippen molar-refractivity contribution in [2.45, 2.75) is 40.3 Å². The van der Waals surface area contributed by atoms with E-state index in [9.17, 15) is 9.59 Å². The summed E-state index contributed by atoms with van der Waals surface area (Å²) in [6, 6.07) is 12.5. The number of carbonyl (C=O) groups excluding carboxylic acids is 1. The maximum atomic E-state index is 13.3. The summed E-state index contributed by atoms with van der Waals surface area (Å²) >= 11 is 0. The SMILES string of the molecule is COc1cccc(CNC(=O)C(C)n2nc(C)c3c(C)n(-c4ccc(C)cc4)nc3c2=O)c1OC. The van der Waals surface area contributed by atoms with Gasteiger partial charge in [-0.15, -0.1) is 0 Å². The molecule has 4 aromatic rings. The summed E-state index contributed by atoms with van der Waals surface area (Å²) in [5.41, 5.74) is 4.06. The van der Waals surface area contributed by atoms with E-state index in [0.29, 0.717) is 22.6 Å². The van der Waals surface area contributed by atoms with Crippen LogP contribution in [0.15, 0.2) is 47.3 Å². The van der Waals surface area contributed by atoms with E-state index in [4.69, 9.17) is 9.47 Å². The molecule has 1 atom stereocenters. The number of hydrogen-bond donors (Lipinski definition) is 1.